The molecule has 0 heterocycles. The van der Waals surface area contributed by atoms with Gasteiger partial charge in [0.1, 0.15) is 5.54 Å². The van der Waals surface area contributed by atoms with Crippen LogP contribution in [-0.4, -0.2) is 22.5 Å². The number of aliphatic carboxylic acids is 1. The van der Waals surface area contributed by atoms with Gasteiger partial charge in [-0.3, -0.25) is 4.79 Å². The molecule has 1 atom stereocenters. The maximum Gasteiger partial charge on any atom is 0.328 e. The lowest BCUT2D eigenvalue weighted by Crippen LogP contribution is -2.49. The van der Waals surface area contributed by atoms with Crippen molar-refractivity contribution >= 4 is 11.9 Å². The van der Waals surface area contributed by atoms with E-state index < -0.39 is 11.5 Å². The molecule has 0 radical (unpaired) electrons. The minimum absolute atomic E-state index is 0.120. The number of carbonyl (C=O) groups excluding carboxylic acids is 1. The number of nitrogens with one attached hydrogen (secondary N) is 1. The van der Waals surface area contributed by atoms with E-state index >= 15 is 0 Å². The van der Waals surface area contributed by atoms with Crippen LogP contribution in [0.2, 0.25) is 0 Å². The largest absolute Gasteiger partial charge is 0.480 e. The zero-order valence-corrected chi connectivity index (χ0v) is 11.2. The minimum atomic E-state index is -1.26. The number of amides is 1. The van der Waals surface area contributed by atoms with Crippen LogP contribution >= 0.6 is 0 Å². The van der Waals surface area contributed by atoms with Crippen molar-refractivity contribution in [3.63, 3.8) is 0 Å². The number of hydrogen-bond acceptors (Lipinski definition) is 2. The fraction of sp³-hybridized carbons (Fsp3) is 0.333. The molecular formula is C15H19NO3. The molecule has 0 saturated carbocycles. The number of carbonyl (C=O) groups is 2. The number of benzene rings is 1. The molecule has 0 aliphatic rings. The van der Waals surface area contributed by atoms with Gasteiger partial charge in [0.2, 0.25) is 5.91 Å². The molecule has 19 heavy (non-hydrogen) atoms. The van der Waals surface area contributed by atoms with E-state index in [0.29, 0.717) is 0 Å². The Morgan fingerprint density at radius 1 is 1.37 bits per heavy atom. The van der Waals surface area contributed by atoms with Crippen molar-refractivity contribution in [1.82, 2.24) is 5.32 Å². The fourth-order valence-corrected chi connectivity index (χ4v) is 1.69. The molecule has 0 aliphatic heterocycles. The van der Waals surface area contributed by atoms with Crippen LogP contribution in [0.4, 0.5) is 0 Å². The molecule has 4 nitrogen and oxygen atoms in total. The van der Waals surface area contributed by atoms with Crippen molar-refractivity contribution in [2.45, 2.75) is 31.7 Å². The second-order valence-electron chi connectivity index (χ2n) is 4.94. The smallest absolute Gasteiger partial charge is 0.328 e. The van der Waals surface area contributed by atoms with E-state index in [2.05, 4.69) is 11.9 Å². The third kappa shape index (κ3) is 4.25. The van der Waals surface area contributed by atoms with Crippen LogP contribution in [0.5, 0.6) is 0 Å². The third-order valence-corrected chi connectivity index (χ3v) is 2.90. The molecule has 1 amide bonds. The van der Waals surface area contributed by atoms with Gasteiger partial charge < -0.3 is 10.4 Å². The molecule has 1 aromatic carbocycles. The van der Waals surface area contributed by atoms with Gasteiger partial charge in [-0.15, -0.1) is 6.58 Å². The normalized spacial score (nSPS) is 12.5. The van der Waals surface area contributed by atoms with Crippen molar-refractivity contribution in [1.29, 1.82) is 0 Å². The molecule has 4 heteroatoms. The summed E-state index contributed by atoms with van der Waals surface area (Å²) in [5.74, 6) is -1.48. The predicted molar refractivity (Wildman–Crippen MR) is 73.9 cm³/mol. The number of allylic oxidation sites excluding steroid dienone is 1. The SMILES string of the molecule is C=CC(CC(=O)NC(C)(C)C(=O)O)c1ccccc1. The van der Waals surface area contributed by atoms with Gasteiger partial charge in [0.25, 0.3) is 0 Å². The molecule has 1 aromatic rings. The number of carboxylic acids is 1. The fourth-order valence-electron chi connectivity index (χ4n) is 1.69. The second kappa shape index (κ2) is 6.18. The highest BCUT2D eigenvalue weighted by molar-refractivity contribution is 5.86. The van der Waals surface area contributed by atoms with Crippen LogP contribution < -0.4 is 5.32 Å². The second-order valence-corrected chi connectivity index (χ2v) is 4.94. The highest BCUT2D eigenvalue weighted by Gasteiger charge is 2.29. The maximum atomic E-state index is 11.9. The van der Waals surface area contributed by atoms with Crippen molar-refractivity contribution in [2.24, 2.45) is 0 Å². The van der Waals surface area contributed by atoms with Crippen LogP contribution in [-0.2, 0) is 9.59 Å². The molecule has 0 fully saturated rings. The van der Waals surface area contributed by atoms with E-state index in [1.165, 1.54) is 13.8 Å². The zero-order valence-electron chi connectivity index (χ0n) is 11.2. The van der Waals surface area contributed by atoms with Gasteiger partial charge in [-0.25, -0.2) is 4.79 Å². The molecule has 0 saturated heterocycles. The molecule has 1 unspecified atom stereocenters. The predicted octanol–water partition coefficient (Wildman–Crippen LogP) is 2.33. The van der Waals surface area contributed by atoms with Crippen LogP contribution in [0, 0.1) is 0 Å². The van der Waals surface area contributed by atoms with Crippen LogP contribution in [0.3, 0.4) is 0 Å². The first-order valence-electron chi connectivity index (χ1n) is 6.08. The number of carboxylic acid groups (broad SMARTS) is 1. The van der Waals surface area contributed by atoms with Crippen molar-refractivity contribution in [2.75, 3.05) is 0 Å². The summed E-state index contributed by atoms with van der Waals surface area (Å²) in [4.78, 5) is 22.8. The summed E-state index contributed by atoms with van der Waals surface area (Å²) in [5, 5.41) is 11.5. The highest BCUT2D eigenvalue weighted by atomic mass is 16.4. The van der Waals surface area contributed by atoms with Gasteiger partial charge in [-0.2, -0.15) is 0 Å². The van der Waals surface area contributed by atoms with Crippen molar-refractivity contribution in [3.8, 4) is 0 Å². The molecule has 2 N–H and O–H groups in total. The van der Waals surface area contributed by atoms with Gasteiger partial charge in [0.15, 0.2) is 0 Å². The quantitative estimate of drug-likeness (QED) is 0.772. The van der Waals surface area contributed by atoms with E-state index in [1.54, 1.807) is 6.08 Å². The van der Waals surface area contributed by atoms with Crippen LogP contribution in [0.1, 0.15) is 31.7 Å². The van der Waals surface area contributed by atoms with Crippen LogP contribution in [0.15, 0.2) is 43.0 Å². The number of hydrogen-bond donors (Lipinski definition) is 2. The molecule has 0 bridgehead atoms. The van der Waals surface area contributed by atoms with E-state index in [4.69, 9.17) is 5.11 Å². The summed E-state index contributed by atoms with van der Waals surface area (Å²) in [6.45, 7) is 6.64. The maximum absolute atomic E-state index is 11.9. The van der Waals surface area contributed by atoms with Crippen molar-refractivity contribution < 1.29 is 14.7 Å². The summed E-state index contributed by atoms with van der Waals surface area (Å²) < 4.78 is 0. The van der Waals surface area contributed by atoms with Crippen molar-refractivity contribution in [3.05, 3.63) is 48.6 Å². The molecule has 0 spiro atoms. The molecular weight excluding hydrogens is 242 g/mol. The molecule has 102 valence electrons. The summed E-state index contributed by atoms with van der Waals surface area (Å²) in [6, 6.07) is 9.52. The average molecular weight is 261 g/mol. The monoisotopic (exact) mass is 261 g/mol. The minimum Gasteiger partial charge on any atom is -0.480 e. The Hall–Kier alpha value is -2.10. The van der Waals surface area contributed by atoms with Gasteiger partial charge in [0, 0.05) is 12.3 Å². The van der Waals surface area contributed by atoms with E-state index in [0.717, 1.165) is 5.56 Å². The third-order valence-electron chi connectivity index (χ3n) is 2.90. The molecule has 0 aromatic heterocycles. The molecule has 1 rings (SSSR count). The van der Waals surface area contributed by atoms with E-state index in [1.807, 2.05) is 30.3 Å². The highest BCUT2D eigenvalue weighted by Crippen LogP contribution is 2.20. The van der Waals surface area contributed by atoms with Crippen LogP contribution in [0.25, 0.3) is 0 Å². The first-order chi connectivity index (χ1) is 8.86. The lowest BCUT2D eigenvalue weighted by atomic mass is 9.95. The topological polar surface area (TPSA) is 66.4 Å². The van der Waals surface area contributed by atoms with E-state index in [-0.39, 0.29) is 18.2 Å². The Balaban J connectivity index is 2.70. The summed E-state index contributed by atoms with van der Waals surface area (Å²) in [6.07, 6.45) is 1.88. The summed E-state index contributed by atoms with van der Waals surface area (Å²) in [5.41, 5.74) is -0.278. The molecule has 0 aliphatic carbocycles. The zero-order chi connectivity index (χ0) is 14.5. The standard InChI is InChI=1S/C15H19NO3/c1-4-11(12-8-6-5-7-9-12)10-13(17)16-15(2,3)14(18)19/h4-9,11H,1,10H2,2-3H3,(H,16,17)(H,18,19). The average Bonchev–Trinajstić information content (AvgIpc) is 2.36. The summed E-state index contributed by atoms with van der Waals surface area (Å²) >= 11 is 0. The lowest BCUT2D eigenvalue weighted by Gasteiger charge is -2.22. The Labute approximate surface area is 113 Å². The van der Waals surface area contributed by atoms with Gasteiger partial charge in [-0.1, -0.05) is 36.4 Å². The van der Waals surface area contributed by atoms with Gasteiger partial charge in [-0.05, 0) is 19.4 Å². The Morgan fingerprint density at radius 2 is 1.95 bits per heavy atom. The lowest BCUT2D eigenvalue weighted by molar-refractivity contribution is -0.146. The Bertz CT molecular complexity index is 466. The van der Waals surface area contributed by atoms with E-state index in [9.17, 15) is 9.59 Å². The Kier molecular flexibility index (Phi) is 4.87. The summed E-state index contributed by atoms with van der Waals surface area (Å²) in [7, 11) is 0. The van der Waals surface area contributed by atoms with Gasteiger partial charge >= 0.3 is 5.97 Å². The number of rotatable bonds is 6. The Morgan fingerprint density at radius 3 is 2.42 bits per heavy atom. The van der Waals surface area contributed by atoms with Gasteiger partial charge in [0.05, 0.1) is 0 Å². The first kappa shape index (κ1) is 15.0. The first-order valence-corrected chi connectivity index (χ1v) is 6.08.